The zero-order chi connectivity index (χ0) is 14.9. The Labute approximate surface area is 130 Å². The van der Waals surface area contributed by atoms with Gasteiger partial charge in [-0.2, -0.15) is 0 Å². The number of aromatic nitrogens is 1. The highest BCUT2D eigenvalue weighted by Gasteiger charge is 2.32. The van der Waals surface area contributed by atoms with Crippen LogP contribution in [0.3, 0.4) is 0 Å². The molecule has 1 amide bonds. The summed E-state index contributed by atoms with van der Waals surface area (Å²) in [4.78, 5) is 18.5. The summed E-state index contributed by atoms with van der Waals surface area (Å²) in [5.74, 6) is 1.76. The molecule has 1 saturated carbocycles. The molecule has 22 heavy (non-hydrogen) atoms. The van der Waals surface area contributed by atoms with Crippen LogP contribution in [0.4, 0.5) is 0 Å². The molecule has 0 spiro atoms. The zero-order valence-electron chi connectivity index (χ0n) is 12.6. The monoisotopic (exact) mass is 296 g/mol. The SMILES string of the molecule is O=C(CC1CC1)N1CCC(Oc2cccc3cccnc23)C1. The van der Waals surface area contributed by atoms with Gasteiger partial charge in [-0.3, -0.25) is 9.78 Å². The van der Waals surface area contributed by atoms with Crippen LogP contribution in [0.1, 0.15) is 25.7 Å². The third-order valence-electron chi connectivity index (χ3n) is 4.55. The van der Waals surface area contributed by atoms with E-state index in [0.29, 0.717) is 18.4 Å². The summed E-state index contributed by atoms with van der Waals surface area (Å²) in [6.45, 7) is 1.52. The molecule has 1 aromatic heterocycles. The molecule has 1 saturated heterocycles. The van der Waals surface area contributed by atoms with Crippen LogP contribution in [0.25, 0.3) is 10.9 Å². The number of fused-ring (bicyclic) bond motifs is 1. The van der Waals surface area contributed by atoms with Crippen LogP contribution >= 0.6 is 0 Å². The van der Waals surface area contributed by atoms with Crippen molar-refractivity contribution >= 4 is 16.8 Å². The van der Waals surface area contributed by atoms with Crippen molar-refractivity contribution in [2.75, 3.05) is 13.1 Å². The predicted octanol–water partition coefficient (Wildman–Crippen LogP) is 3.01. The molecule has 0 bridgehead atoms. The third-order valence-corrected chi connectivity index (χ3v) is 4.55. The van der Waals surface area contributed by atoms with E-state index in [9.17, 15) is 4.79 Å². The normalized spacial score (nSPS) is 21.3. The molecule has 1 atom stereocenters. The molecule has 2 heterocycles. The number of carbonyl (C=O) groups excluding carboxylic acids is 1. The van der Waals surface area contributed by atoms with Crippen molar-refractivity contribution in [2.45, 2.75) is 31.8 Å². The lowest BCUT2D eigenvalue weighted by Gasteiger charge is -2.17. The number of pyridine rings is 1. The van der Waals surface area contributed by atoms with Crippen molar-refractivity contribution in [1.82, 2.24) is 9.88 Å². The Morgan fingerprint density at radius 2 is 2.09 bits per heavy atom. The predicted molar refractivity (Wildman–Crippen MR) is 84.7 cm³/mol. The molecule has 1 unspecified atom stereocenters. The van der Waals surface area contributed by atoms with E-state index in [1.54, 1.807) is 6.20 Å². The molecule has 4 rings (SSSR count). The minimum atomic E-state index is 0.0794. The fourth-order valence-electron chi connectivity index (χ4n) is 3.10. The van der Waals surface area contributed by atoms with Gasteiger partial charge in [0.25, 0.3) is 0 Å². The van der Waals surface area contributed by atoms with Gasteiger partial charge < -0.3 is 9.64 Å². The van der Waals surface area contributed by atoms with Crippen molar-refractivity contribution in [2.24, 2.45) is 5.92 Å². The summed E-state index contributed by atoms with van der Waals surface area (Å²) in [6, 6.07) is 9.96. The van der Waals surface area contributed by atoms with E-state index in [2.05, 4.69) is 4.98 Å². The number of amides is 1. The molecule has 0 N–H and O–H groups in total. The molecule has 1 aliphatic carbocycles. The molecule has 4 heteroatoms. The molecule has 2 aliphatic rings. The van der Waals surface area contributed by atoms with Crippen molar-refractivity contribution in [3.63, 3.8) is 0 Å². The molecule has 1 aliphatic heterocycles. The molecule has 1 aromatic carbocycles. The summed E-state index contributed by atoms with van der Waals surface area (Å²) in [6.07, 6.45) is 5.94. The second-order valence-corrected chi connectivity index (χ2v) is 6.35. The topological polar surface area (TPSA) is 42.4 Å². The highest BCUT2D eigenvalue weighted by molar-refractivity contribution is 5.84. The number of hydrogen-bond donors (Lipinski definition) is 0. The Hall–Kier alpha value is -2.10. The fourth-order valence-corrected chi connectivity index (χ4v) is 3.10. The van der Waals surface area contributed by atoms with E-state index < -0.39 is 0 Å². The number of ether oxygens (including phenoxy) is 1. The molecule has 4 nitrogen and oxygen atoms in total. The molecule has 0 radical (unpaired) electrons. The van der Waals surface area contributed by atoms with Crippen LogP contribution in [0.2, 0.25) is 0 Å². The van der Waals surface area contributed by atoms with Crippen molar-refractivity contribution in [1.29, 1.82) is 0 Å². The smallest absolute Gasteiger partial charge is 0.222 e. The van der Waals surface area contributed by atoms with E-state index in [1.807, 2.05) is 35.2 Å². The van der Waals surface area contributed by atoms with Crippen LogP contribution in [-0.2, 0) is 4.79 Å². The van der Waals surface area contributed by atoms with Gasteiger partial charge in [0.15, 0.2) is 0 Å². The lowest BCUT2D eigenvalue weighted by atomic mass is 10.2. The van der Waals surface area contributed by atoms with Gasteiger partial charge in [0.2, 0.25) is 5.91 Å². The van der Waals surface area contributed by atoms with E-state index in [4.69, 9.17) is 4.74 Å². The number of nitrogens with zero attached hydrogens (tertiary/aromatic N) is 2. The van der Waals surface area contributed by atoms with Crippen molar-refractivity contribution in [3.8, 4) is 5.75 Å². The van der Waals surface area contributed by atoms with Gasteiger partial charge in [-0.05, 0) is 30.9 Å². The van der Waals surface area contributed by atoms with Crippen LogP contribution < -0.4 is 4.74 Å². The highest BCUT2D eigenvalue weighted by Crippen LogP contribution is 2.33. The number of hydrogen-bond acceptors (Lipinski definition) is 3. The first-order chi connectivity index (χ1) is 10.8. The summed E-state index contributed by atoms with van der Waals surface area (Å²) >= 11 is 0. The van der Waals surface area contributed by atoms with Crippen molar-refractivity contribution in [3.05, 3.63) is 36.5 Å². The molecule has 2 aromatic rings. The maximum atomic E-state index is 12.2. The van der Waals surface area contributed by atoms with Gasteiger partial charge in [-0.15, -0.1) is 0 Å². The quantitative estimate of drug-likeness (QED) is 0.871. The number of likely N-dealkylation sites (tertiary alicyclic amines) is 1. The molecule has 2 fully saturated rings. The Morgan fingerprint density at radius 1 is 1.23 bits per heavy atom. The maximum absolute atomic E-state index is 12.2. The Bertz CT molecular complexity index is 691. The average Bonchev–Trinajstić information content (AvgIpc) is 3.23. The maximum Gasteiger partial charge on any atom is 0.222 e. The lowest BCUT2D eigenvalue weighted by molar-refractivity contribution is -0.130. The molecular formula is C18H20N2O2. The Morgan fingerprint density at radius 3 is 2.95 bits per heavy atom. The minimum absolute atomic E-state index is 0.0794. The van der Waals surface area contributed by atoms with Gasteiger partial charge in [-0.25, -0.2) is 0 Å². The number of carbonyl (C=O) groups is 1. The standard InChI is InChI=1S/C18H20N2O2/c21-17(11-13-6-7-13)20-10-8-15(12-20)22-16-5-1-3-14-4-2-9-19-18(14)16/h1-5,9,13,15H,6-8,10-12H2. The van der Waals surface area contributed by atoms with Gasteiger partial charge in [0, 0.05) is 31.0 Å². The van der Waals surface area contributed by atoms with Gasteiger partial charge in [0.05, 0.1) is 6.54 Å². The Kier molecular flexibility index (Phi) is 3.45. The number of rotatable bonds is 4. The first-order valence-corrected chi connectivity index (χ1v) is 8.08. The van der Waals surface area contributed by atoms with Gasteiger partial charge >= 0.3 is 0 Å². The second kappa shape index (κ2) is 5.59. The summed E-state index contributed by atoms with van der Waals surface area (Å²) in [5.41, 5.74) is 0.896. The van der Waals surface area contributed by atoms with Crippen LogP contribution in [-0.4, -0.2) is 35.0 Å². The third kappa shape index (κ3) is 2.78. The first-order valence-electron chi connectivity index (χ1n) is 8.08. The average molecular weight is 296 g/mol. The van der Waals surface area contributed by atoms with Gasteiger partial charge in [0.1, 0.15) is 17.4 Å². The van der Waals surface area contributed by atoms with E-state index in [0.717, 1.165) is 36.0 Å². The second-order valence-electron chi connectivity index (χ2n) is 6.35. The molecular weight excluding hydrogens is 276 g/mol. The number of para-hydroxylation sites is 1. The van der Waals surface area contributed by atoms with E-state index in [-0.39, 0.29) is 6.10 Å². The highest BCUT2D eigenvalue weighted by atomic mass is 16.5. The van der Waals surface area contributed by atoms with Crippen LogP contribution in [0.5, 0.6) is 5.75 Å². The largest absolute Gasteiger partial charge is 0.486 e. The van der Waals surface area contributed by atoms with E-state index in [1.165, 1.54) is 12.8 Å². The van der Waals surface area contributed by atoms with E-state index >= 15 is 0 Å². The van der Waals surface area contributed by atoms with Crippen LogP contribution in [0, 0.1) is 5.92 Å². The van der Waals surface area contributed by atoms with Crippen molar-refractivity contribution < 1.29 is 9.53 Å². The Balaban J connectivity index is 1.44. The summed E-state index contributed by atoms with van der Waals surface area (Å²) in [7, 11) is 0. The minimum Gasteiger partial charge on any atom is -0.486 e. The zero-order valence-corrected chi connectivity index (χ0v) is 12.6. The van der Waals surface area contributed by atoms with Crippen LogP contribution in [0.15, 0.2) is 36.5 Å². The molecule has 114 valence electrons. The lowest BCUT2D eigenvalue weighted by Crippen LogP contribution is -2.31. The summed E-state index contributed by atoms with van der Waals surface area (Å²) in [5, 5.41) is 1.08. The fraction of sp³-hybridized carbons (Fsp3) is 0.444. The summed E-state index contributed by atoms with van der Waals surface area (Å²) < 4.78 is 6.13. The first kappa shape index (κ1) is 13.6. The number of benzene rings is 1. The van der Waals surface area contributed by atoms with Gasteiger partial charge in [-0.1, -0.05) is 18.2 Å².